The fourth-order valence-electron chi connectivity index (χ4n) is 1.97. The van der Waals surface area contributed by atoms with Gasteiger partial charge in [0, 0.05) is 24.8 Å². The summed E-state index contributed by atoms with van der Waals surface area (Å²) in [5, 5.41) is 0. The van der Waals surface area contributed by atoms with Crippen molar-refractivity contribution < 1.29 is 9.18 Å². The van der Waals surface area contributed by atoms with Gasteiger partial charge in [0.05, 0.1) is 11.4 Å². The second kappa shape index (κ2) is 6.25. The summed E-state index contributed by atoms with van der Waals surface area (Å²) in [6, 6.07) is 9.45. The Morgan fingerprint density at radius 1 is 1.35 bits per heavy atom. The number of rotatable bonds is 4. The minimum Gasteiger partial charge on any atom is -0.325 e. The average Bonchev–Trinajstić information content (AvgIpc) is 2.49. The van der Waals surface area contributed by atoms with E-state index in [9.17, 15) is 9.18 Å². The quantitative estimate of drug-likeness (QED) is 0.930. The number of aromatic nitrogens is 1. The zero-order valence-electron chi connectivity index (χ0n) is 11.2. The molecule has 2 rings (SSSR count). The molecule has 5 heteroatoms. The van der Waals surface area contributed by atoms with Crippen LogP contribution in [0.5, 0.6) is 0 Å². The van der Waals surface area contributed by atoms with Crippen LogP contribution in [0.15, 0.2) is 42.6 Å². The van der Waals surface area contributed by atoms with Crippen LogP contribution in [0.1, 0.15) is 23.0 Å². The molecule has 2 aromatic rings. The number of carbonyl (C=O) groups is 1. The van der Waals surface area contributed by atoms with Gasteiger partial charge in [-0.15, -0.1) is 0 Å². The molecule has 0 bridgehead atoms. The lowest BCUT2D eigenvalue weighted by Crippen LogP contribution is -2.31. The number of carbonyl (C=O) groups excluding carboxylic acids is 1. The van der Waals surface area contributed by atoms with E-state index in [0.29, 0.717) is 17.8 Å². The Hall–Kier alpha value is -2.27. The highest BCUT2D eigenvalue weighted by Gasteiger charge is 2.19. The van der Waals surface area contributed by atoms with E-state index in [2.05, 4.69) is 4.98 Å². The van der Waals surface area contributed by atoms with Gasteiger partial charge in [-0.25, -0.2) is 4.39 Å². The Bertz CT molecular complexity index is 616. The third-order valence-corrected chi connectivity index (χ3v) is 2.98. The number of halogens is 1. The number of para-hydroxylation sites is 1. The third-order valence-electron chi connectivity index (χ3n) is 2.98. The second-order valence-electron chi connectivity index (χ2n) is 4.24. The molecule has 104 valence electrons. The van der Waals surface area contributed by atoms with Crippen molar-refractivity contribution in [2.75, 3.05) is 11.4 Å². The van der Waals surface area contributed by atoms with Crippen LogP contribution in [-0.4, -0.2) is 17.4 Å². The lowest BCUT2D eigenvalue weighted by Gasteiger charge is -2.21. The molecule has 0 aliphatic rings. The number of benzene rings is 1. The minimum atomic E-state index is -0.421. The Labute approximate surface area is 117 Å². The monoisotopic (exact) mass is 273 g/mol. The highest BCUT2D eigenvalue weighted by molar-refractivity contribution is 6.06. The largest absolute Gasteiger partial charge is 0.325 e. The molecule has 0 saturated carbocycles. The van der Waals surface area contributed by atoms with Crippen molar-refractivity contribution in [1.29, 1.82) is 0 Å². The molecule has 4 nitrogen and oxygen atoms in total. The summed E-state index contributed by atoms with van der Waals surface area (Å²) in [5.74, 6) is -0.689. The Kier molecular flexibility index (Phi) is 4.42. The van der Waals surface area contributed by atoms with Gasteiger partial charge in [0.15, 0.2) is 0 Å². The number of hydrogen-bond donors (Lipinski definition) is 1. The molecule has 1 aromatic carbocycles. The number of anilines is 1. The Morgan fingerprint density at radius 2 is 2.10 bits per heavy atom. The molecule has 0 unspecified atom stereocenters. The zero-order chi connectivity index (χ0) is 14.5. The first-order valence-electron chi connectivity index (χ1n) is 6.38. The number of nitrogens with zero attached hydrogens (tertiary/aromatic N) is 2. The molecule has 20 heavy (non-hydrogen) atoms. The number of pyridine rings is 1. The van der Waals surface area contributed by atoms with Gasteiger partial charge < -0.3 is 10.6 Å². The molecule has 1 heterocycles. The van der Waals surface area contributed by atoms with Crippen LogP contribution in [0.4, 0.5) is 10.1 Å². The normalized spacial score (nSPS) is 10.3. The van der Waals surface area contributed by atoms with Crippen molar-refractivity contribution in [3.8, 4) is 0 Å². The molecule has 0 atom stereocenters. The third kappa shape index (κ3) is 2.83. The van der Waals surface area contributed by atoms with Crippen LogP contribution in [0, 0.1) is 5.82 Å². The van der Waals surface area contributed by atoms with Crippen LogP contribution in [0.3, 0.4) is 0 Å². The van der Waals surface area contributed by atoms with E-state index in [1.54, 1.807) is 37.3 Å². The van der Waals surface area contributed by atoms with Gasteiger partial charge in [-0.1, -0.05) is 12.1 Å². The van der Waals surface area contributed by atoms with Crippen LogP contribution >= 0.6 is 0 Å². The summed E-state index contributed by atoms with van der Waals surface area (Å²) in [5.41, 5.74) is 6.86. The lowest BCUT2D eigenvalue weighted by molar-refractivity contribution is 0.0987. The van der Waals surface area contributed by atoms with Crippen molar-refractivity contribution in [2.45, 2.75) is 13.5 Å². The summed E-state index contributed by atoms with van der Waals surface area (Å²) in [6.45, 7) is 2.43. The van der Waals surface area contributed by atoms with Crippen LogP contribution in [0.25, 0.3) is 0 Å². The highest BCUT2D eigenvalue weighted by atomic mass is 19.1. The van der Waals surface area contributed by atoms with Crippen LogP contribution in [-0.2, 0) is 6.54 Å². The molecule has 0 radical (unpaired) electrons. The van der Waals surface area contributed by atoms with Crippen molar-refractivity contribution in [3.63, 3.8) is 0 Å². The van der Waals surface area contributed by atoms with E-state index >= 15 is 0 Å². The highest BCUT2D eigenvalue weighted by Crippen LogP contribution is 2.20. The first-order valence-corrected chi connectivity index (χ1v) is 6.38. The molecule has 2 N–H and O–H groups in total. The molecule has 0 saturated heterocycles. The van der Waals surface area contributed by atoms with Gasteiger partial charge in [-0.3, -0.25) is 9.78 Å². The molecular formula is C15H16FN3O. The van der Waals surface area contributed by atoms with Gasteiger partial charge in [0.25, 0.3) is 5.91 Å². The second-order valence-corrected chi connectivity index (χ2v) is 4.24. The minimum absolute atomic E-state index is 0.257. The van der Waals surface area contributed by atoms with Gasteiger partial charge in [0.2, 0.25) is 0 Å². The van der Waals surface area contributed by atoms with Crippen LogP contribution in [0.2, 0.25) is 0 Å². The van der Waals surface area contributed by atoms with E-state index in [0.717, 1.165) is 0 Å². The predicted molar refractivity (Wildman–Crippen MR) is 75.9 cm³/mol. The average molecular weight is 273 g/mol. The predicted octanol–water partition coefficient (Wildman–Crippen LogP) is 2.35. The molecule has 0 spiro atoms. The fraction of sp³-hybridized carbons (Fsp3) is 0.200. The standard InChI is InChI=1S/C15H16FN3O/c1-2-19(14-6-4-3-5-13(14)16)15(20)11-7-8-18-12(9-11)10-17/h3-9H,2,10,17H2,1H3. The topological polar surface area (TPSA) is 59.2 Å². The summed E-state index contributed by atoms with van der Waals surface area (Å²) in [4.78, 5) is 17.9. The number of nitrogens with two attached hydrogens (primary N) is 1. The molecule has 0 aliphatic carbocycles. The maximum absolute atomic E-state index is 13.8. The van der Waals surface area contributed by atoms with Crippen molar-refractivity contribution in [2.24, 2.45) is 5.73 Å². The fourth-order valence-corrected chi connectivity index (χ4v) is 1.97. The van der Waals surface area contributed by atoms with Crippen molar-refractivity contribution in [1.82, 2.24) is 4.98 Å². The zero-order valence-corrected chi connectivity index (χ0v) is 11.2. The van der Waals surface area contributed by atoms with Crippen molar-refractivity contribution >= 4 is 11.6 Å². The Balaban J connectivity index is 2.36. The summed E-state index contributed by atoms with van der Waals surface area (Å²) in [7, 11) is 0. The molecule has 1 aromatic heterocycles. The molecule has 0 fully saturated rings. The van der Waals surface area contributed by atoms with E-state index in [1.807, 2.05) is 0 Å². The molecular weight excluding hydrogens is 257 g/mol. The van der Waals surface area contributed by atoms with Crippen LogP contribution < -0.4 is 10.6 Å². The van der Waals surface area contributed by atoms with E-state index in [-0.39, 0.29) is 18.1 Å². The van der Waals surface area contributed by atoms with Gasteiger partial charge in [-0.05, 0) is 31.2 Å². The lowest BCUT2D eigenvalue weighted by atomic mass is 10.1. The van der Waals surface area contributed by atoms with E-state index in [4.69, 9.17) is 5.73 Å². The maximum atomic E-state index is 13.8. The molecule has 0 aliphatic heterocycles. The van der Waals surface area contributed by atoms with E-state index in [1.165, 1.54) is 17.2 Å². The van der Waals surface area contributed by atoms with Gasteiger partial charge in [-0.2, -0.15) is 0 Å². The Morgan fingerprint density at radius 3 is 2.75 bits per heavy atom. The summed E-state index contributed by atoms with van der Waals surface area (Å²) >= 11 is 0. The number of hydrogen-bond acceptors (Lipinski definition) is 3. The van der Waals surface area contributed by atoms with Crippen molar-refractivity contribution in [3.05, 3.63) is 59.7 Å². The summed E-state index contributed by atoms with van der Waals surface area (Å²) in [6.07, 6.45) is 1.53. The first kappa shape index (κ1) is 14.1. The smallest absolute Gasteiger partial charge is 0.258 e. The molecule has 1 amide bonds. The first-order chi connectivity index (χ1) is 9.67. The SMILES string of the molecule is CCN(C(=O)c1ccnc(CN)c1)c1ccccc1F. The summed E-state index contributed by atoms with van der Waals surface area (Å²) < 4.78 is 13.8. The van der Waals surface area contributed by atoms with E-state index < -0.39 is 5.82 Å². The number of amides is 1. The van der Waals surface area contributed by atoms with Gasteiger partial charge in [0.1, 0.15) is 5.82 Å². The maximum Gasteiger partial charge on any atom is 0.258 e. The van der Waals surface area contributed by atoms with Gasteiger partial charge >= 0.3 is 0 Å².